The third-order valence-electron chi connectivity index (χ3n) is 5.00. The Morgan fingerprint density at radius 2 is 1.75 bits per heavy atom. The van der Waals surface area contributed by atoms with Crippen molar-refractivity contribution in [3.05, 3.63) is 59.7 Å². The van der Waals surface area contributed by atoms with Crippen LogP contribution in [-0.4, -0.2) is 31.8 Å². The minimum absolute atomic E-state index is 0.118. The molecule has 0 aromatic heterocycles. The van der Waals surface area contributed by atoms with Gasteiger partial charge in [-0.05, 0) is 41.6 Å². The van der Waals surface area contributed by atoms with Gasteiger partial charge in [0.15, 0.2) is 0 Å². The van der Waals surface area contributed by atoms with Crippen LogP contribution in [0.5, 0.6) is 0 Å². The zero-order valence-corrected chi connectivity index (χ0v) is 13.6. The number of nitrogens with one attached hydrogen (secondary N) is 2. The minimum Gasteiger partial charge on any atom is -0.449 e. The van der Waals surface area contributed by atoms with E-state index in [1.165, 1.54) is 28.7 Å². The Morgan fingerprint density at radius 3 is 2.38 bits per heavy atom. The maximum absolute atomic E-state index is 12.0. The van der Waals surface area contributed by atoms with Crippen molar-refractivity contribution >= 4 is 6.09 Å². The van der Waals surface area contributed by atoms with E-state index in [1.54, 1.807) is 0 Å². The van der Waals surface area contributed by atoms with Gasteiger partial charge in [0.05, 0.1) is 0 Å². The van der Waals surface area contributed by atoms with Crippen molar-refractivity contribution in [3.63, 3.8) is 0 Å². The molecule has 124 valence electrons. The number of hydrogen-bond donors (Lipinski definition) is 2. The van der Waals surface area contributed by atoms with Gasteiger partial charge in [0, 0.05) is 18.5 Å². The molecule has 1 amide bonds. The van der Waals surface area contributed by atoms with Crippen molar-refractivity contribution in [2.24, 2.45) is 0 Å². The molecule has 2 aromatic rings. The number of hydrogen-bond acceptors (Lipinski definition) is 3. The number of benzene rings is 2. The number of amides is 1. The summed E-state index contributed by atoms with van der Waals surface area (Å²) >= 11 is 0. The highest BCUT2D eigenvalue weighted by Gasteiger charge is 2.29. The predicted molar refractivity (Wildman–Crippen MR) is 94.1 cm³/mol. The van der Waals surface area contributed by atoms with Crippen LogP contribution in [0.25, 0.3) is 11.1 Å². The third kappa shape index (κ3) is 2.89. The molecule has 2 aromatic carbocycles. The average molecular weight is 322 g/mol. The molecular weight excluding hydrogens is 300 g/mol. The summed E-state index contributed by atoms with van der Waals surface area (Å²) in [6.07, 6.45) is 1.96. The summed E-state index contributed by atoms with van der Waals surface area (Å²) in [4.78, 5) is 12.0. The molecule has 0 radical (unpaired) electrons. The lowest BCUT2D eigenvalue weighted by atomic mass is 9.98. The van der Waals surface area contributed by atoms with Crippen LogP contribution >= 0.6 is 0 Å². The second-order valence-electron chi connectivity index (χ2n) is 6.50. The van der Waals surface area contributed by atoms with Crippen LogP contribution in [0.2, 0.25) is 0 Å². The lowest BCUT2D eigenvalue weighted by Crippen LogP contribution is -2.37. The van der Waals surface area contributed by atoms with Crippen molar-refractivity contribution in [2.45, 2.75) is 24.8 Å². The molecule has 1 saturated heterocycles. The lowest BCUT2D eigenvalue weighted by Gasteiger charge is -2.16. The third-order valence-corrected chi connectivity index (χ3v) is 5.00. The van der Waals surface area contributed by atoms with Crippen LogP contribution in [-0.2, 0) is 4.74 Å². The molecule has 0 spiro atoms. The van der Waals surface area contributed by atoms with Gasteiger partial charge in [0.25, 0.3) is 0 Å². The van der Waals surface area contributed by atoms with E-state index in [0.717, 1.165) is 13.0 Å². The Labute approximate surface area is 142 Å². The number of rotatable bonds is 4. The SMILES string of the molecule is O=C(NCC1CCCN1)OCC1c2ccccc2-c2ccccc21. The van der Waals surface area contributed by atoms with E-state index in [2.05, 4.69) is 47.0 Å². The Balaban J connectivity index is 1.42. The summed E-state index contributed by atoms with van der Waals surface area (Å²) in [5.41, 5.74) is 4.97. The molecule has 4 heteroatoms. The van der Waals surface area contributed by atoms with Gasteiger partial charge in [-0.1, -0.05) is 48.5 Å². The second-order valence-corrected chi connectivity index (χ2v) is 6.50. The summed E-state index contributed by atoms with van der Waals surface area (Å²) < 4.78 is 5.52. The van der Waals surface area contributed by atoms with Crippen molar-refractivity contribution < 1.29 is 9.53 Å². The summed E-state index contributed by atoms with van der Waals surface area (Å²) in [5.74, 6) is 0.118. The molecule has 4 rings (SSSR count). The van der Waals surface area contributed by atoms with Crippen LogP contribution in [0, 0.1) is 0 Å². The molecule has 2 aliphatic rings. The molecule has 2 N–H and O–H groups in total. The largest absolute Gasteiger partial charge is 0.449 e. The molecule has 0 saturated carbocycles. The molecule has 0 bridgehead atoms. The molecule has 1 atom stereocenters. The first-order valence-corrected chi connectivity index (χ1v) is 8.65. The Hall–Kier alpha value is -2.33. The molecule has 4 nitrogen and oxygen atoms in total. The summed E-state index contributed by atoms with van der Waals surface area (Å²) in [7, 11) is 0. The summed E-state index contributed by atoms with van der Waals surface area (Å²) in [6.45, 7) is 2.05. The van der Waals surface area contributed by atoms with Crippen LogP contribution in [0.4, 0.5) is 4.79 Å². The molecule has 1 aliphatic carbocycles. The normalized spacial score (nSPS) is 18.9. The standard InChI is InChI=1S/C20H22N2O2/c23-20(22-12-14-6-5-11-21-14)24-13-19-17-9-3-1-7-15(17)16-8-2-4-10-18(16)19/h1-4,7-10,14,19,21H,5-6,11-13H2,(H,22,23). The zero-order chi connectivity index (χ0) is 16.4. The fourth-order valence-corrected chi connectivity index (χ4v) is 3.79. The van der Waals surface area contributed by atoms with Gasteiger partial charge in [0.1, 0.15) is 6.61 Å². The van der Waals surface area contributed by atoms with Crippen molar-refractivity contribution in [2.75, 3.05) is 19.7 Å². The molecule has 1 heterocycles. The molecular formula is C20H22N2O2. The van der Waals surface area contributed by atoms with E-state index < -0.39 is 0 Å². The van der Waals surface area contributed by atoms with Crippen molar-refractivity contribution in [1.82, 2.24) is 10.6 Å². The Bertz CT molecular complexity index is 692. The molecule has 1 aliphatic heterocycles. The number of fused-ring (bicyclic) bond motifs is 3. The van der Waals surface area contributed by atoms with Gasteiger partial charge >= 0.3 is 6.09 Å². The van der Waals surface area contributed by atoms with E-state index in [0.29, 0.717) is 19.2 Å². The monoisotopic (exact) mass is 322 g/mol. The smallest absolute Gasteiger partial charge is 0.407 e. The van der Waals surface area contributed by atoms with E-state index in [9.17, 15) is 4.79 Å². The summed E-state index contributed by atoms with van der Waals surface area (Å²) in [5, 5.41) is 6.24. The molecule has 24 heavy (non-hydrogen) atoms. The molecule has 1 unspecified atom stereocenters. The van der Waals surface area contributed by atoms with Gasteiger partial charge < -0.3 is 15.4 Å². The van der Waals surface area contributed by atoms with Gasteiger partial charge in [-0.15, -0.1) is 0 Å². The fourth-order valence-electron chi connectivity index (χ4n) is 3.79. The van der Waals surface area contributed by atoms with Crippen LogP contribution < -0.4 is 10.6 Å². The van der Waals surface area contributed by atoms with Gasteiger partial charge in [-0.3, -0.25) is 0 Å². The minimum atomic E-state index is -0.328. The first-order valence-electron chi connectivity index (χ1n) is 8.65. The quantitative estimate of drug-likeness (QED) is 0.908. The highest BCUT2D eigenvalue weighted by molar-refractivity contribution is 5.79. The highest BCUT2D eigenvalue weighted by Crippen LogP contribution is 2.44. The maximum Gasteiger partial charge on any atom is 0.407 e. The van der Waals surface area contributed by atoms with E-state index in [-0.39, 0.29) is 12.0 Å². The van der Waals surface area contributed by atoms with Crippen LogP contribution in [0.3, 0.4) is 0 Å². The first-order chi connectivity index (χ1) is 11.8. The number of carbonyl (C=O) groups excluding carboxylic acids is 1. The fraction of sp³-hybridized carbons (Fsp3) is 0.350. The second kappa shape index (κ2) is 6.65. The topological polar surface area (TPSA) is 50.4 Å². The Kier molecular flexibility index (Phi) is 4.22. The Morgan fingerprint density at radius 1 is 1.08 bits per heavy atom. The van der Waals surface area contributed by atoms with E-state index in [1.807, 2.05) is 12.1 Å². The van der Waals surface area contributed by atoms with Gasteiger partial charge in [0.2, 0.25) is 0 Å². The van der Waals surface area contributed by atoms with E-state index >= 15 is 0 Å². The predicted octanol–water partition coefficient (Wildman–Crippen LogP) is 3.28. The van der Waals surface area contributed by atoms with E-state index in [4.69, 9.17) is 4.74 Å². The van der Waals surface area contributed by atoms with Crippen LogP contribution in [0.1, 0.15) is 29.9 Å². The highest BCUT2D eigenvalue weighted by atomic mass is 16.5. The maximum atomic E-state index is 12.0. The summed E-state index contributed by atoms with van der Waals surface area (Å²) in [6, 6.07) is 17.1. The molecule has 1 fully saturated rings. The zero-order valence-electron chi connectivity index (χ0n) is 13.6. The first kappa shape index (κ1) is 15.2. The van der Waals surface area contributed by atoms with Crippen LogP contribution in [0.15, 0.2) is 48.5 Å². The van der Waals surface area contributed by atoms with Gasteiger partial charge in [-0.2, -0.15) is 0 Å². The number of ether oxygens (including phenoxy) is 1. The lowest BCUT2D eigenvalue weighted by molar-refractivity contribution is 0.142. The van der Waals surface area contributed by atoms with Gasteiger partial charge in [-0.25, -0.2) is 4.79 Å². The van der Waals surface area contributed by atoms with Crippen molar-refractivity contribution in [1.29, 1.82) is 0 Å². The number of alkyl carbamates (subject to hydrolysis) is 1. The average Bonchev–Trinajstić information content (AvgIpc) is 3.25. The van der Waals surface area contributed by atoms with Crippen molar-refractivity contribution in [3.8, 4) is 11.1 Å². The number of carbonyl (C=O) groups is 1.